The number of thiazole rings is 1. The van der Waals surface area contributed by atoms with Crippen LogP contribution in [-0.2, 0) is 5.54 Å². The van der Waals surface area contributed by atoms with Crippen molar-refractivity contribution >= 4 is 64.6 Å². The van der Waals surface area contributed by atoms with Crippen LogP contribution in [0.1, 0.15) is 12.0 Å². The number of aromatic nitrogens is 1. The van der Waals surface area contributed by atoms with Crippen LogP contribution in [0.3, 0.4) is 0 Å². The Morgan fingerprint density at radius 3 is 2.86 bits per heavy atom. The number of nitrogens with zero attached hydrogens (tertiary/aromatic N) is 2. The molecule has 5 nitrogen and oxygen atoms in total. The number of hydrogen-bond acceptors (Lipinski definition) is 6. The summed E-state index contributed by atoms with van der Waals surface area (Å²) in [5, 5.41) is 6.63. The van der Waals surface area contributed by atoms with E-state index in [-0.39, 0.29) is 43.3 Å². The minimum atomic E-state index is -0.662. The predicted molar refractivity (Wildman–Crippen MR) is 124 cm³/mol. The van der Waals surface area contributed by atoms with Crippen molar-refractivity contribution in [1.29, 1.82) is 0 Å². The fourth-order valence-electron chi connectivity index (χ4n) is 3.74. The molecule has 4 heterocycles. The average Bonchev–Trinajstić information content (AvgIpc) is 3.29. The third kappa shape index (κ3) is 3.73. The minimum absolute atomic E-state index is 0. The maximum absolute atomic E-state index is 6.89. The van der Waals surface area contributed by atoms with Gasteiger partial charge in [-0.1, -0.05) is 12.1 Å². The number of aliphatic imine (C=N–C) groups is 1. The molecule has 5 rings (SSSR count). The van der Waals surface area contributed by atoms with Crippen molar-refractivity contribution in [3.05, 3.63) is 64.8 Å². The van der Waals surface area contributed by atoms with Crippen LogP contribution in [0.5, 0.6) is 0 Å². The monoisotopic (exact) mass is 457 g/mol. The van der Waals surface area contributed by atoms with Crippen LogP contribution in [0.2, 0.25) is 0 Å². The smallest absolute Gasteiger partial charge is 0.131 e. The summed E-state index contributed by atoms with van der Waals surface area (Å²) in [5.41, 5.74) is 12.6. The van der Waals surface area contributed by atoms with Crippen molar-refractivity contribution in [2.45, 2.75) is 18.0 Å². The Morgan fingerprint density at radius 2 is 2.07 bits per heavy atom. The molecular weight excluding hydrogens is 437 g/mol. The fourth-order valence-corrected chi connectivity index (χ4v) is 4.45. The van der Waals surface area contributed by atoms with E-state index >= 15 is 0 Å². The van der Waals surface area contributed by atoms with E-state index in [0.717, 1.165) is 46.7 Å². The van der Waals surface area contributed by atoms with Crippen molar-refractivity contribution in [2.24, 2.45) is 10.7 Å². The van der Waals surface area contributed by atoms with Gasteiger partial charge in [0.15, 0.2) is 0 Å². The van der Waals surface area contributed by atoms with Gasteiger partial charge in [0, 0.05) is 18.3 Å². The van der Waals surface area contributed by atoms with Gasteiger partial charge >= 0.3 is 0 Å². The summed E-state index contributed by atoms with van der Waals surface area (Å²) in [4.78, 5) is 9.25. The van der Waals surface area contributed by atoms with Crippen molar-refractivity contribution in [3.63, 3.8) is 0 Å². The van der Waals surface area contributed by atoms with Crippen LogP contribution in [0.4, 0.5) is 0 Å². The van der Waals surface area contributed by atoms with E-state index in [0.29, 0.717) is 0 Å². The maximum atomic E-state index is 6.89. The summed E-state index contributed by atoms with van der Waals surface area (Å²) in [5.74, 6) is 0.888. The SMILES string of the molecule is Cl.Cl.Cl.NC1(c2ccc3ncsc3c2)C=CNC2=NC(C3=CCNCC3)C=C21. The number of nitrogens with two attached hydrogens (primary N) is 1. The number of halogens is 3. The Bertz CT molecular complexity index is 981. The molecule has 3 aliphatic heterocycles. The van der Waals surface area contributed by atoms with Crippen molar-refractivity contribution in [1.82, 2.24) is 15.6 Å². The topological polar surface area (TPSA) is 75.3 Å². The van der Waals surface area contributed by atoms with Gasteiger partial charge in [-0.2, -0.15) is 0 Å². The molecule has 150 valence electrons. The minimum Gasteiger partial charge on any atom is -0.347 e. The largest absolute Gasteiger partial charge is 0.347 e. The molecule has 0 amide bonds. The normalized spacial score (nSPS) is 25.2. The lowest BCUT2D eigenvalue weighted by Gasteiger charge is -2.32. The molecule has 0 spiro atoms. The van der Waals surface area contributed by atoms with Crippen molar-refractivity contribution < 1.29 is 0 Å². The molecule has 28 heavy (non-hydrogen) atoms. The van der Waals surface area contributed by atoms with Gasteiger partial charge in [0.05, 0.1) is 27.3 Å². The number of rotatable bonds is 2. The van der Waals surface area contributed by atoms with Gasteiger partial charge in [-0.05, 0) is 48.4 Å². The zero-order chi connectivity index (χ0) is 16.9. The summed E-state index contributed by atoms with van der Waals surface area (Å²) in [7, 11) is 0. The quantitative estimate of drug-likeness (QED) is 0.603. The van der Waals surface area contributed by atoms with Gasteiger partial charge in [-0.3, -0.25) is 4.99 Å². The molecule has 0 radical (unpaired) electrons. The molecule has 0 saturated heterocycles. The first-order chi connectivity index (χ1) is 12.2. The molecule has 1 aromatic heterocycles. The highest BCUT2D eigenvalue weighted by atomic mass is 35.5. The molecule has 2 atom stereocenters. The third-order valence-corrected chi connectivity index (χ3v) is 5.94. The second-order valence-electron chi connectivity index (χ2n) is 6.62. The summed E-state index contributed by atoms with van der Waals surface area (Å²) >= 11 is 1.64. The van der Waals surface area contributed by atoms with Gasteiger partial charge in [-0.25, -0.2) is 4.98 Å². The average molecular weight is 459 g/mol. The summed E-state index contributed by atoms with van der Waals surface area (Å²) in [6.45, 7) is 1.93. The number of fused-ring (bicyclic) bond motifs is 2. The van der Waals surface area contributed by atoms with Gasteiger partial charge < -0.3 is 16.4 Å². The molecule has 2 aromatic rings. The number of amidine groups is 1. The summed E-state index contributed by atoms with van der Waals surface area (Å²) in [6.07, 6.45) is 9.44. The molecule has 3 aliphatic rings. The number of hydrogen-bond donors (Lipinski definition) is 3. The predicted octanol–water partition coefficient (Wildman–Crippen LogP) is 3.46. The van der Waals surface area contributed by atoms with Crippen molar-refractivity contribution in [3.8, 4) is 0 Å². The Morgan fingerprint density at radius 1 is 1.21 bits per heavy atom. The van der Waals surface area contributed by atoms with Gasteiger partial charge in [0.25, 0.3) is 0 Å². The second kappa shape index (κ2) is 8.95. The summed E-state index contributed by atoms with van der Waals surface area (Å²) in [6, 6.07) is 6.37. The van der Waals surface area contributed by atoms with E-state index in [1.165, 1.54) is 5.57 Å². The highest BCUT2D eigenvalue weighted by molar-refractivity contribution is 7.16. The Balaban J connectivity index is 0.000000934. The van der Waals surface area contributed by atoms with Gasteiger partial charge in [0.1, 0.15) is 5.84 Å². The van der Waals surface area contributed by atoms with Gasteiger partial charge in [0.2, 0.25) is 0 Å². The lowest BCUT2D eigenvalue weighted by atomic mass is 9.81. The van der Waals surface area contributed by atoms with E-state index < -0.39 is 5.54 Å². The van der Waals surface area contributed by atoms with Crippen LogP contribution >= 0.6 is 48.6 Å². The van der Waals surface area contributed by atoms with Crippen LogP contribution < -0.4 is 16.4 Å². The second-order valence-corrected chi connectivity index (χ2v) is 7.50. The van der Waals surface area contributed by atoms with E-state index in [4.69, 9.17) is 10.7 Å². The first-order valence-corrected chi connectivity index (χ1v) is 9.39. The van der Waals surface area contributed by atoms with Gasteiger partial charge in [-0.15, -0.1) is 48.6 Å². The Hall–Kier alpha value is -1.41. The van der Waals surface area contributed by atoms with E-state index in [2.05, 4.69) is 39.9 Å². The van der Waals surface area contributed by atoms with E-state index in [1.807, 2.05) is 23.9 Å². The molecule has 0 aliphatic carbocycles. The summed E-state index contributed by atoms with van der Waals surface area (Å²) < 4.78 is 1.16. The van der Waals surface area contributed by atoms with Crippen LogP contribution in [-0.4, -0.2) is 30.0 Å². The molecular formula is C19H22Cl3N5S. The Labute approximate surface area is 186 Å². The maximum Gasteiger partial charge on any atom is 0.131 e. The molecule has 0 saturated carbocycles. The lowest BCUT2D eigenvalue weighted by Crippen LogP contribution is -2.45. The molecule has 0 fully saturated rings. The first kappa shape index (κ1) is 22.9. The van der Waals surface area contributed by atoms with Crippen LogP contribution in [0.25, 0.3) is 10.2 Å². The molecule has 2 unspecified atom stereocenters. The zero-order valence-electron chi connectivity index (χ0n) is 14.9. The van der Waals surface area contributed by atoms with E-state index in [9.17, 15) is 0 Å². The lowest BCUT2D eigenvalue weighted by molar-refractivity contribution is 0.668. The van der Waals surface area contributed by atoms with E-state index in [1.54, 1.807) is 11.3 Å². The van der Waals surface area contributed by atoms with Crippen LogP contribution in [0.15, 0.2) is 64.3 Å². The molecule has 0 bridgehead atoms. The van der Waals surface area contributed by atoms with Crippen molar-refractivity contribution in [2.75, 3.05) is 13.1 Å². The third-order valence-electron chi connectivity index (χ3n) is 5.15. The highest BCUT2D eigenvalue weighted by Gasteiger charge is 2.38. The highest BCUT2D eigenvalue weighted by Crippen LogP contribution is 2.37. The number of nitrogens with one attached hydrogen (secondary N) is 2. The zero-order valence-corrected chi connectivity index (χ0v) is 18.2. The Kier molecular flexibility index (Phi) is 7.31. The number of benzene rings is 1. The first-order valence-electron chi connectivity index (χ1n) is 8.51. The van der Waals surface area contributed by atoms with Crippen LogP contribution in [0, 0.1) is 0 Å². The molecule has 1 aromatic carbocycles. The standard InChI is InChI=1S/C19H19N5S.3ClH/c20-19(13-1-2-15-17(9-13)25-11-23-15)5-8-22-18-14(19)10-16(24-18)12-3-6-21-7-4-12;;;/h1-3,5,8-11,16,21H,4,6-7,20H2,(H,22,24);3*1H. The molecule has 9 heteroatoms. The fraction of sp³-hybridized carbons (Fsp3) is 0.263. The molecule has 4 N–H and O–H groups in total.